The zero-order valence-electron chi connectivity index (χ0n) is 9.83. The minimum Gasteiger partial charge on any atom is -0.264 e. The lowest BCUT2D eigenvalue weighted by Gasteiger charge is -2.22. The van der Waals surface area contributed by atoms with Gasteiger partial charge in [-0.2, -0.15) is 0 Å². The molecule has 0 N–H and O–H groups in total. The molecule has 0 fully saturated rings. The van der Waals surface area contributed by atoms with Crippen LogP contribution in [0.4, 0.5) is 0 Å². The monoisotopic (exact) mass is 199 g/mol. The highest BCUT2D eigenvalue weighted by Crippen LogP contribution is 2.31. The molecule has 1 nitrogen and oxygen atoms in total. The molecule has 0 aliphatic heterocycles. The lowest BCUT2D eigenvalue weighted by atomic mass is 9.83. The van der Waals surface area contributed by atoms with E-state index in [1.807, 2.05) is 12.4 Å². The number of pyridine rings is 1. The van der Waals surface area contributed by atoms with Gasteiger partial charge >= 0.3 is 0 Å². The third-order valence-corrected chi connectivity index (χ3v) is 2.78. The van der Waals surface area contributed by atoms with Gasteiger partial charge in [0.05, 0.1) is 0 Å². The molecule has 0 saturated carbocycles. The Labute approximate surface area is 91.2 Å². The number of aryl methyl sites for hydroxylation is 1. The summed E-state index contributed by atoms with van der Waals surface area (Å²) in [4.78, 5) is 4.24. The van der Waals surface area contributed by atoms with Crippen molar-refractivity contribution in [1.29, 1.82) is 0 Å². The maximum Gasteiger partial charge on any atom is 0.0346 e. The molecule has 1 heteroatoms. The first-order valence-corrected chi connectivity index (χ1v) is 5.34. The Morgan fingerprint density at radius 1 is 1.07 bits per heavy atom. The van der Waals surface area contributed by atoms with Crippen molar-refractivity contribution in [3.05, 3.63) is 41.7 Å². The van der Waals surface area contributed by atoms with E-state index in [4.69, 9.17) is 0 Å². The highest BCUT2D eigenvalue weighted by Gasteiger charge is 2.17. The number of fused-ring (bicyclic) bond motifs is 1. The number of aromatic nitrogens is 1. The van der Waals surface area contributed by atoms with E-state index in [0.717, 1.165) is 0 Å². The molecule has 2 aromatic rings. The molecule has 0 aliphatic carbocycles. The molecule has 0 atom stereocenters. The van der Waals surface area contributed by atoms with Gasteiger partial charge in [0.2, 0.25) is 0 Å². The molecule has 78 valence electrons. The number of rotatable bonds is 0. The van der Waals surface area contributed by atoms with Crippen LogP contribution in [0.1, 0.15) is 31.9 Å². The van der Waals surface area contributed by atoms with Crippen LogP contribution in [-0.4, -0.2) is 4.98 Å². The zero-order valence-corrected chi connectivity index (χ0v) is 9.83. The van der Waals surface area contributed by atoms with E-state index < -0.39 is 0 Å². The van der Waals surface area contributed by atoms with Gasteiger partial charge in [-0.3, -0.25) is 4.98 Å². The summed E-state index contributed by atoms with van der Waals surface area (Å²) in [5.74, 6) is 0. The van der Waals surface area contributed by atoms with Gasteiger partial charge in [-0.1, -0.05) is 39.0 Å². The smallest absolute Gasteiger partial charge is 0.0346 e. The van der Waals surface area contributed by atoms with Crippen LogP contribution in [0.2, 0.25) is 0 Å². The average molecular weight is 199 g/mol. The molecule has 1 heterocycles. The first kappa shape index (κ1) is 10.2. The molecule has 1 aromatic heterocycles. The van der Waals surface area contributed by atoms with E-state index in [2.05, 4.69) is 50.9 Å². The van der Waals surface area contributed by atoms with Crippen LogP contribution in [0.3, 0.4) is 0 Å². The number of hydrogen-bond acceptors (Lipinski definition) is 1. The molecule has 0 radical (unpaired) electrons. The van der Waals surface area contributed by atoms with Gasteiger partial charge in [-0.15, -0.1) is 0 Å². The maximum absolute atomic E-state index is 4.24. The van der Waals surface area contributed by atoms with Crippen molar-refractivity contribution in [2.45, 2.75) is 33.1 Å². The van der Waals surface area contributed by atoms with Gasteiger partial charge in [-0.25, -0.2) is 0 Å². The minimum absolute atomic E-state index is 0.186. The molecule has 0 bridgehead atoms. The third-order valence-electron chi connectivity index (χ3n) is 2.78. The van der Waals surface area contributed by atoms with Gasteiger partial charge in [0, 0.05) is 17.8 Å². The van der Waals surface area contributed by atoms with E-state index in [1.54, 1.807) is 0 Å². The Hall–Kier alpha value is -1.37. The molecule has 0 spiro atoms. The Bertz CT molecular complexity index is 487. The van der Waals surface area contributed by atoms with Crippen molar-refractivity contribution in [3.8, 4) is 0 Å². The average Bonchev–Trinajstić information content (AvgIpc) is 2.16. The summed E-state index contributed by atoms with van der Waals surface area (Å²) in [5, 5.41) is 2.60. The molecule has 0 aliphatic rings. The summed E-state index contributed by atoms with van der Waals surface area (Å²) >= 11 is 0. The molecular weight excluding hydrogens is 182 g/mol. The van der Waals surface area contributed by atoms with E-state index in [1.165, 1.54) is 21.9 Å². The molecule has 0 unspecified atom stereocenters. The fourth-order valence-corrected chi connectivity index (χ4v) is 2.04. The summed E-state index contributed by atoms with van der Waals surface area (Å²) in [5.41, 5.74) is 2.85. The van der Waals surface area contributed by atoms with E-state index in [0.29, 0.717) is 0 Å². The predicted molar refractivity (Wildman–Crippen MR) is 65.2 cm³/mol. The summed E-state index contributed by atoms with van der Waals surface area (Å²) in [7, 11) is 0. The topological polar surface area (TPSA) is 12.9 Å². The van der Waals surface area contributed by atoms with Crippen molar-refractivity contribution >= 4 is 10.8 Å². The Balaban J connectivity index is 2.86. The molecule has 15 heavy (non-hydrogen) atoms. The van der Waals surface area contributed by atoms with Crippen LogP contribution in [0.5, 0.6) is 0 Å². The van der Waals surface area contributed by atoms with Crippen LogP contribution in [0.15, 0.2) is 30.6 Å². The maximum atomic E-state index is 4.24. The van der Waals surface area contributed by atoms with Crippen LogP contribution in [-0.2, 0) is 5.41 Å². The molecule has 0 saturated heterocycles. The standard InChI is InChI=1S/C14H17N/c1-10-8-15-9-11-6-5-7-12(13(10)11)14(2,3)4/h5-9H,1-4H3. The van der Waals surface area contributed by atoms with E-state index in [-0.39, 0.29) is 5.41 Å². The van der Waals surface area contributed by atoms with Crippen molar-refractivity contribution in [2.75, 3.05) is 0 Å². The van der Waals surface area contributed by atoms with Gasteiger partial charge in [0.15, 0.2) is 0 Å². The first-order chi connectivity index (χ1) is 7.00. The van der Waals surface area contributed by atoms with E-state index >= 15 is 0 Å². The van der Waals surface area contributed by atoms with Crippen molar-refractivity contribution in [1.82, 2.24) is 4.98 Å². The van der Waals surface area contributed by atoms with Crippen LogP contribution in [0.25, 0.3) is 10.8 Å². The van der Waals surface area contributed by atoms with Gasteiger partial charge in [-0.05, 0) is 28.9 Å². The third kappa shape index (κ3) is 1.74. The molecule has 1 aromatic carbocycles. The first-order valence-electron chi connectivity index (χ1n) is 5.34. The second kappa shape index (κ2) is 3.34. The normalized spacial score (nSPS) is 12.0. The summed E-state index contributed by atoms with van der Waals surface area (Å²) < 4.78 is 0. The fourth-order valence-electron chi connectivity index (χ4n) is 2.04. The highest BCUT2D eigenvalue weighted by molar-refractivity contribution is 5.88. The Kier molecular flexibility index (Phi) is 2.26. The fraction of sp³-hybridized carbons (Fsp3) is 0.357. The number of nitrogens with zero attached hydrogens (tertiary/aromatic N) is 1. The van der Waals surface area contributed by atoms with Crippen molar-refractivity contribution < 1.29 is 0 Å². The summed E-state index contributed by atoms with van der Waals surface area (Å²) in [6.45, 7) is 8.88. The summed E-state index contributed by atoms with van der Waals surface area (Å²) in [6, 6.07) is 6.46. The van der Waals surface area contributed by atoms with Gasteiger partial charge in [0.1, 0.15) is 0 Å². The highest BCUT2D eigenvalue weighted by atomic mass is 14.6. The second-order valence-corrected chi connectivity index (χ2v) is 5.11. The van der Waals surface area contributed by atoms with Gasteiger partial charge < -0.3 is 0 Å². The number of benzene rings is 1. The Morgan fingerprint density at radius 2 is 1.80 bits per heavy atom. The zero-order chi connectivity index (χ0) is 11.1. The van der Waals surface area contributed by atoms with Crippen molar-refractivity contribution in [3.63, 3.8) is 0 Å². The lowest BCUT2D eigenvalue weighted by Crippen LogP contribution is -2.12. The molecule has 0 amide bonds. The van der Waals surface area contributed by atoms with E-state index in [9.17, 15) is 0 Å². The predicted octanol–water partition coefficient (Wildman–Crippen LogP) is 3.84. The van der Waals surface area contributed by atoms with Crippen molar-refractivity contribution in [2.24, 2.45) is 0 Å². The largest absolute Gasteiger partial charge is 0.264 e. The quantitative estimate of drug-likeness (QED) is 0.628. The second-order valence-electron chi connectivity index (χ2n) is 5.11. The minimum atomic E-state index is 0.186. The lowest BCUT2D eigenvalue weighted by molar-refractivity contribution is 0.595. The Morgan fingerprint density at radius 3 is 2.47 bits per heavy atom. The van der Waals surface area contributed by atoms with Crippen LogP contribution in [0, 0.1) is 6.92 Å². The molecular formula is C14H17N. The summed E-state index contributed by atoms with van der Waals surface area (Å²) in [6.07, 6.45) is 3.88. The van der Waals surface area contributed by atoms with Crippen LogP contribution >= 0.6 is 0 Å². The number of hydrogen-bond donors (Lipinski definition) is 0. The SMILES string of the molecule is Cc1cncc2cccc(C(C)(C)C)c12. The molecule has 2 rings (SSSR count). The van der Waals surface area contributed by atoms with Gasteiger partial charge in [0.25, 0.3) is 0 Å². The van der Waals surface area contributed by atoms with Crippen LogP contribution < -0.4 is 0 Å².